The van der Waals surface area contributed by atoms with Gasteiger partial charge >= 0.3 is 0 Å². The van der Waals surface area contributed by atoms with Crippen LogP contribution in [0.25, 0.3) is 11.5 Å². The topological polar surface area (TPSA) is 85.2 Å². The number of nitrogens with zero attached hydrogens (tertiary/aromatic N) is 2. The van der Waals surface area contributed by atoms with Crippen molar-refractivity contribution < 1.29 is 9.63 Å². The van der Waals surface area contributed by atoms with Gasteiger partial charge in [0, 0.05) is 9.50 Å². The lowest BCUT2D eigenvalue weighted by Crippen LogP contribution is -2.15. The summed E-state index contributed by atoms with van der Waals surface area (Å²) in [4.78, 5) is 4.11. The van der Waals surface area contributed by atoms with Crippen LogP contribution < -0.4 is 5.73 Å². The third-order valence-corrected chi connectivity index (χ3v) is 3.02. The number of halogens is 2. The van der Waals surface area contributed by atoms with Crippen LogP contribution in [0.15, 0.2) is 27.2 Å². The molecule has 17 heavy (non-hydrogen) atoms. The summed E-state index contributed by atoms with van der Waals surface area (Å²) in [5.74, 6) is 0.594. The maximum absolute atomic E-state index is 8.89. The maximum Gasteiger partial charge on any atom is 0.259 e. The van der Waals surface area contributed by atoms with Gasteiger partial charge in [0.05, 0.1) is 18.2 Å². The number of hydrogen-bond donors (Lipinski definition) is 2. The molecule has 5 nitrogen and oxygen atoms in total. The average Bonchev–Trinajstić information content (AvgIpc) is 2.77. The van der Waals surface area contributed by atoms with E-state index in [9.17, 15) is 0 Å². The average molecular weight is 319 g/mol. The highest BCUT2D eigenvalue weighted by atomic mass is 79.9. The first-order chi connectivity index (χ1) is 8.11. The molecule has 0 radical (unpaired) electrons. The van der Waals surface area contributed by atoms with E-state index >= 15 is 0 Å². The molecule has 0 aliphatic carbocycles. The SMILES string of the molecule is NC(CO)c1noc(-c2ccc(Cl)cc2Br)n1. The highest BCUT2D eigenvalue weighted by Crippen LogP contribution is 2.29. The Balaban J connectivity index is 2.37. The van der Waals surface area contributed by atoms with Crippen molar-refractivity contribution in [1.82, 2.24) is 10.1 Å². The molecule has 1 unspecified atom stereocenters. The van der Waals surface area contributed by atoms with Crippen molar-refractivity contribution in [2.75, 3.05) is 6.61 Å². The van der Waals surface area contributed by atoms with E-state index in [1.807, 2.05) is 0 Å². The number of aliphatic hydroxyl groups is 1. The summed E-state index contributed by atoms with van der Waals surface area (Å²) in [6.45, 7) is -0.235. The Labute approximate surface area is 111 Å². The van der Waals surface area contributed by atoms with Crippen LogP contribution in [-0.4, -0.2) is 21.9 Å². The fraction of sp³-hybridized carbons (Fsp3) is 0.200. The summed E-state index contributed by atoms with van der Waals surface area (Å²) in [6.07, 6.45) is 0. The van der Waals surface area contributed by atoms with Crippen molar-refractivity contribution in [3.8, 4) is 11.5 Å². The van der Waals surface area contributed by atoms with E-state index in [-0.39, 0.29) is 12.4 Å². The molecule has 2 aromatic rings. The zero-order valence-electron chi connectivity index (χ0n) is 8.60. The van der Waals surface area contributed by atoms with Gasteiger partial charge in [-0.3, -0.25) is 0 Å². The summed E-state index contributed by atoms with van der Waals surface area (Å²) in [5.41, 5.74) is 6.30. The molecule has 0 saturated heterocycles. The molecule has 0 fully saturated rings. The Morgan fingerprint density at radius 3 is 2.94 bits per heavy atom. The van der Waals surface area contributed by atoms with Gasteiger partial charge in [0.15, 0.2) is 5.82 Å². The van der Waals surface area contributed by atoms with E-state index in [1.54, 1.807) is 18.2 Å². The molecule has 2 rings (SSSR count). The first-order valence-electron chi connectivity index (χ1n) is 4.77. The van der Waals surface area contributed by atoms with Gasteiger partial charge in [0.25, 0.3) is 5.89 Å². The second-order valence-electron chi connectivity index (χ2n) is 3.37. The molecule has 0 saturated carbocycles. The smallest absolute Gasteiger partial charge is 0.259 e. The van der Waals surface area contributed by atoms with Gasteiger partial charge in [0.1, 0.15) is 0 Å². The molecule has 0 aliphatic heterocycles. The van der Waals surface area contributed by atoms with Crippen molar-refractivity contribution in [3.63, 3.8) is 0 Å². The minimum atomic E-state index is -0.640. The molecular formula is C10H9BrClN3O2. The number of rotatable bonds is 3. The Kier molecular flexibility index (Phi) is 3.78. The van der Waals surface area contributed by atoms with Gasteiger partial charge < -0.3 is 15.4 Å². The Bertz CT molecular complexity index is 532. The molecule has 90 valence electrons. The Morgan fingerprint density at radius 1 is 1.53 bits per heavy atom. The summed E-state index contributed by atoms with van der Waals surface area (Å²) in [6, 6.07) is 4.57. The number of nitrogens with two attached hydrogens (primary N) is 1. The predicted octanol–water partition coefficient (Wildman–Crippen LogP) is 2.14. The zero-order chi connectivity index (χ0) is 12.4. The fourth-order valence-electron chi connectivity index (χ4n) is 1.24. The second-order valence-corrected chi connectivity index (χ2v) is 4.66. The van der Waals surface area contributed by atoms with E-state index in [4.69, 9.17) is 27.0 Å². The third-order valence-electron chi connectivity index (χ3n) is 2.13. The van der Waals surface area contributed by atoms with Crippen LogP contribution in [0.1, 0.15) is 11.9 Å². The molecule has 0 bridgehead atoms. The minimum absolute atomic E-state index is 0.235. The molecule has 7 heteroatoms. The zero-order valence-corrected chi connectivity index (χ0v) is 10.9. The predicted molar refractivity (Wildman–Crippen MR) is 66.5 cm³/mol. The monoisotopic (exact) mass is 317 g/mol. The van der Waals surface area contributed by atoms with Crippen LogP contribution in [0, 0.1) is 0 Å². The number of benzene rings is 1. The summed E-state index contributed by atoms with van der Waals surface area (Å²) in [7, 11) is 0. The first kappa shape index (κ1) is 12.5. The lowest BCUT2D eigenvalue weighted by Gasteiger charge is -2.00. The van der Waals surface area contributed by atoms with E-state index in [2.05, 4.69) is 26.1 Å². The maximum atomic E-state index is 8.89. The molecule has 1 heterocycles. The second kappa shape index (κ2) is 5.14. The normalized spacial score (nSPS) is 12.7. The van der Waals surface area contributed by atoms with Gasteiger partial charge in [-0.15, -0.1) is 0 Å². The van der Waals surface area contributed by atoms with E-state index in [0.717, 1.165) is 10.0 Å². The number of hydrogen-bond acceptors (Lipinski definition) is 5. The van der Waals surface area contributed by atoms with Crippen LogP contribution in [-0.2, 0) is 0 Å². The molecule has 3 N–H and O–H groups in total. The van der Waals surface area contributed by atoms with Crippen LogP contribution in [0.3, 0.4) is 0 Å². The van der Waals surface area contributed by atoms with E-state index < -0.39 is 6.04 Å². The fourth-order valence-corrected chi connectivity index (χ4v) is 2.09. The summed E-state index contributed by atoms with van der Waals surface area (Å²) >= 11 is 9.19. The molecule has 0 spiro atoms. The Morgan fingerprint density at radius 2 is 2.29 bits per heavy atom. The van der Waals surface area contributed by atoms with Gasteiger partial charge in [-0.05, 0) is 34.1 Å². The lowest BCUT2D eigenvalue weighted by molar-refractivity contribution is 0.260. The van der Waals surface area contributed by atoms with Gasteiger partial charge in [-0.2, -0.15) is 4.98 Å². The number of aromatic nitrogens is 2. The largest absolute Gasteiger partial charge is 0.394 e. The van der Waals surface area contributed by atoms with E-state index in [0.29, 0.717) is 10.9 Å². The molecule has 1 atom stereocenters. The van der Waals surface area contributed by atoms with Crippen LogP contribution in [0.5, 0.6) is 0 Å². The third kappa shape index (κ3) is 2.66. The van der Waals surface area contributed by atoms with Crippen molar-refractivity contribution in [2.24, 2.45) is 5.73 Å². The molecule has 0 amide bonds. The van der Waals surface area contributed by atoms with Crippen LogP contribution in [0.2, 0.25) is 5.02 Å². The lowest BCUT2D eigenvalue weighted by atomic mass is 10.2. The standard InChI is InChI=1S/C10H9BrClN3O2/c11-7-3-5(12)1-2-6(7)10-14-9(15-17-10)8(13)4-16/h1-3,8,16H,4,13H2. The molecule has 1 aromatic carbocycles. The first-order valence-corrected chi connectivity index (χ1v) is 5.94. The highest BCUT2D eigenvalue weighted by molar-refractivity contribution is 9.10. The van der Waals surface area contributed by atoms with Crippen molar-refractivity contribution in [1.29, 1.82) is 0 Å². The van der Waals surface area contributed by atoms with Gasteiger partial charge in [-0.25, -0.2) is 0 Å². The van der Waals surface area contributed by atoms with Crippen LogP contribution in [0.4, 0.5) is 0 Å². The van der Waals surface area contributed by atoms with Crippen LogP contribution >= 0.6 is 27.5 Å². The minimum Gasteiger partial charge on any atom is -0.394 e. The van der Waals surface area contributed by atoms with Crippen molar-refractivity contribution in [2.45, 2.75) is 6.04 Å². The van der Waals surface area contributed by atoms with Gasteiger partial charge in [0.2, 0.25) is 0 Å². The van der Waals surface area contributed by atoms with Gasteiger partial charge in [-0.1, -0.05) is 16.8 Å². The van der Waals surface area contributed by atoms with Crippen molar-refractivity contribution >= 4 is 27.5 Å². The molecule has 0 aliphatic rings. The summed E-state index contributed by atoms with van der Waals surface area (Å²) in [5, 5.41) is 13.2. The molecular weight excluding hydrogens is 309 g/mol. The van der Waals surface area contributed by atoms with Crippen molar-refractivity contribution in [3.05, 3.63) is 33.5 Å². The quantitative estimate of drug-likeness (QED) is 0.905. The van der Waals surface area contributed by atoms with E-state index in [1.165, 1.54) is 0 Å². The molecule has 1 aromatic heterocycles. The Hall–Kier alpha value is -0.950. The highest BCUT2D eigenvalue weighted by Gasteiger charge is 2.16. The number of aliphatic hydroxyl groups excluding tert-OH is 1. The summed E-state index contributed by atoms with van der Waals surface area (Å²) < 4.78 is 5.82.